The third-order valence-corrected chi connectivity index (χ3v) is 7.66. The van der Waals surface area contributed by atoms with Gasteiger partial charge in [0, 0.05) is 31.8 Å². The number of nitrogen functional groups attached to an aromatic ring is 1. The van der Waals surface area contributed by atoms with E-state index in [-0.39, 0.29) is 17.9 Å². The Labute approximate surface area is 234 Å². The topological polar surface area (TPSA) is 113 Å². The number of nitrogens with zero attached hydrogens (tertiary/aromatic N) is 5. The number of piperidine rings is 1. The minimum atomic E-state index is -4.44. The number of hydrogen-bond acceptors (Lipinski definition) is 8. The van der Waals surface area contributed by atoms with Crippen molar-refractivity contribution in [3.8, 4) is 22.9 Å². The summed E-state index contributed by atoms with van der Waals surface area (Å²) in [6.45, 7) is 2.02. The summed E-state index contributed by atoms with van der Waals surface area (Å²) in [7, 11) is 1.94. The van der Waals surface area contributed by atoms with Gasteiger partial charge in [0.25, 0.3) is 5.56 Å². The fourth-order valence-corrected chi connectivity index (χ4v) is 5.28. The molecule has 2 aliphatic rings. The molecule has 1 unspecified atom stereocenters. The van der Waals surface area contributed by atoms with Crippen LogP contribution in [0.4, 0.5) is 24.9 Å². The largest absolute Gasteiger partial charge is 0.436 e. The van der Waals surface area contributed by atoms with Gasteiger partial charge in [-0.15, -0.1) is 0 Å². The van der Waals surface area contributed by atoms with E-state index in [9.17, 15) is 18.0 Å². The van der Waals surface area contributed by atoms with Gasteiger partial charge in [0.2, 0.25) is 11.8 Å². The maximum atomic E-state index is 13.2. The van der Waals surface area contributed by atoms with Crippen LogP contribution in [0.15, 0.2) is 53.3 Å². The zero-order chi connectivity index (χ0) is 28.7. The molecule has 0 amide bonds. The molecule has 41 heavy (non-hydrogen) atoms. The molecule has 1 saturated heterocycles. The Hall–Kier alpha value is -4.19. The van der Waals surface area contributed by atoms with Crippen molar-refractivity contribution in [2.45, 2.75) is 44.4 Å². The average molecular weight is 566 g/mol. The molecule has 214 valence electrons. The Balaban J connectivity index is 1.40. The molecule has 6 rings (SSSR count). The summed E-state index contributed by atoms with van der Waals surface area (Å²) in [6.07, 6.45) is 1.31. The van der Waals surface area contributed by atoms with E-state index in [1.807, 2.05) is 11.9 Å². The van der Waals surface area contributed by atoms with Crippen LogP contribution in [0.3, 0.4) is 0 Å². The fourth-order valence-electron chi connectivity index (χ4n) is 5.28. The molecule has 1 atom stereocenters. The third-order valence-electron chi connectivity index (χ3n) is 7.66. The van der Waals surface area contributed by atoms with Gasteiger partial charge >= 0.3 is 6.18 Å². The molecule has 4 aromatic rings. The van der Waals surface area contributed by atoms with Gasteiger partial charge < -0.3 is 20.4 Å². The van der Waals surface area contributed by atoms with Crippen LogP contribution < -0.4 is 20.9 Å². The van der Waals surface area contributed by atoms with Gasteiger partial charge in [-0.2, -0.15) is 18.2 Å². The lowest BCUT2D eigenvalue weighted by atomic mass is 10.1. The normalized spacial score (nSPS) is 18.0. The van der Waals surface area contributed by atoms with Crippen LogP contribution in [0, 0.1) is 5.92 Å². The Kier molecular flexibility index (Phi) is 7.02. The predicted octanol–water partition coefficient (Wildman–Crippen LogP) is 5.43. The summed E-state index contributed by atoms with van der Waals surface area (Å²) < 4.78 is 45.9. The van der Waals surface area contributed by atoms with Gasteiger partial charge in [-0.1, -0.05) is 18.2 Å². The van der Waals surface area contributed by atoms with E-state index in [2.05, 4.69) is 14.9 Å². The number of alkyl halides is 3. The predicted molar refractivity (Wildman–Crippen MR) is 150 cm³/mol. The van der Waals surface area contributed by atoms with E-state index in [0.29, 0.717) is 34.0 Å². The van der Waals surface area contributed by atoms with Crippen LogP contribution in [-0.2, 0) is 6.18 Å². The van der Waals surface area contributed by atoms with Crippen LogP contribution >= 0.6 is 0 Å². The Morgan fingerprint density at radius 1 is 1.07 bits per heavy atom. The van der Waals surface area contributed by atoms with Crippen LogP contribution in [0.5, 0.6) is 11.6 Å². The number of nitrogens with one attached hydrogen (secondary N) is 1. The highest BCUT2D eigenvalue weighted by Gasteiger charge is 2.33. The molecular formula is C29H30F3N7O2. The summed E-state index contributed by atoms with van der Waals surface area (Å²) >= 11 is 0. The number of nitrogens with two attached hydrogens (primary N) is 1. The Morgan fingerprint density at radius 3 is 2.59 bits per heavy atom. The van der Waals surface area contributed by atoms with Crippen LogP contribution in [-0.4, -0.2) is 51.1 Å². The van der Waals surface area contributed by atoms with Crippen molar-refractivity contribution in [2.75, 3.05) is 30.8 Å². The lowest BCUT2D eigenvalue weighted by Gasteiger charge is -2.41. The number of H-pyrrole nitrogens is 1. The number of aromatic nitrogens is 4. The van der Waals surface area contributed by atoms with E-state index >= 15 is 0 Å². The van der Waals surface area contributed by atoms with E-state index in [1.165, 1.54) is 25.0 Å². The highest BCUT2D eigenvalue weighted by atomic mass is 19.4. The molecule has 1 aliphatic heterocycles. The summed E-state index contributed by atoms with van der Waals surface area (Å²) in [5.74, 6) is 1.41. The molecule has 0 spiro atoms. The number of hydrogen-bond donors (Lipinski definition) is 2. The van der Waals surface area contributed by atoms with Gasteiger partial charge in [-0.05, 0) is 62.3 Å². The highest BCUT2D eigenvalue weighted by molar-refractivity contribution is 5.82. The first kappa shape index (κ1) is 27.0. The number of rotatable bonds is 7. The summed E-state index contributed by atoms with van der Waals surface area (Å²) in [6, 6.07) is 11.5. The second-order valence-electron chi connectivity index (χ2n) is 10.7. The number of anilines is 2. The lowest BCUT2D eigenvalue weighted by Crippen LogP contribution is -2.50. The van der Waals surface area contributed by atoms with Crippen LogP contribution in [0.25, 0.3) is 22.3 Å². The van der Waals surface area contributed by atoms with E-state index < -0.39 is 17.3 Å². The molecule has 1 aliphatic carbocycles. The third kappa shape index (κ3) is 5.83. The number of para-hydroxylation sites is 1. The van der Waals surface area contributed by atoms with Crippen molar-refractivity contribution >= 4 is 22.8 Å². The average Bonchev–Trinajstić information content (AvgIpc) is 3.77. The van der Waals surface area contributed by atoms with E-state index in [0.717, 1.165) is 50.4 Å². The fraction of sp³-hybridized carbons (Fsp3) is 0.379. The molecule has 2 aromatic carbocycles. The maximum absolute atomic E-state index is 13.2. The maximum Gasteiger partial charge on any atom is 0.416 e. The van der Waals surface area contributed by atoms with Gasteiger partial charge in [-0.25, -0.2) is 9.97 Å². The quantitative estimate of drug-likeness (QED) is 0.305. The van der Waals surface area contributed by atoms with Gasteiger partial charge in [0.05, 0.1) is 22.9 Å². The SMILES string of the molecule is CN(c1nc(Oc2cccc3[nH]c(=O)c(N)nc23)cc(-c2ccc(C(F)(F)F)cc2)n1)C1CCCCN1CC1CC1. The summed E-state index contributed by atoms with van der Waals surface area (Å²) in [5.41, 5.74) is 6.20. The van der Waals surface area contributed by atoms with Crippen molar-refractivity contribution in [1.82, 2.24) is 24.8 Å². The van der Waals surface area contributed by atoms with Gasteiger partial charge in [0.1, 0.15) is 5.52 Å². The van der Waals surface area contributed by atoms with Gasteiger partial charge in [-0.3, -0.25) is 9.69 Å². The molecule has 0 bridgehead atoms. The van der Waals surface area contributed by atoms with Crippen molar-refractivity contribution in [3.63, 3.8) is 0 Å². The monoisotopic (exact) mass is 565 g/mol. The first-order valence-electron chi connectivity index (χ1n) is 13.7. The molecule has 1 saturated carbocycles. The molecule has 3 heterocycles. The molecule has 9 nitrogen and oxygen atoms in total. The second kappa shape index (κ2) is 10.7. The van der Waals surface area contributed by atoms with Crippen molar-refractivity contribution in [3.05, 3.63) is 64.4 Å². The van der Waals surface area contributed by atoms with Gasteiger partial charge in [0.15, 0.2) is 11.6 Å². The standard InChI is InChI=1S/C29H30F3N7O2/c1-38(24-7-2-3-14-39(24)16-17-8-9-17)28-35-21(18-10-12-19(13-11-18)29(30,31)32)15-23(36-28)41-22-6-4-5-20-25(22)37-26(33)27(40)34-20/h4-6,10-13,15,17,24H,2-3,7-9,14,16H2,1H3,(H2,33,37)(H,34,40). The number of halogens is 3. The van der Waals surface area contributed by atoms with E-state index in [4.69, 9.17) is 20.4 Å². The van der Waals surface area contributed by atoms with Crippen molar-refractivity contribution in [2.24, 2.45) is 5.92 Å². The van der Waals surface area contributed by atoms with Crippen LogP contribution in [0.2, 0.25) is 0 Å². The summed E-state index contributed by atoms with van der Waals surface area (Å²) in [4.78, 5) is 32.8. The molecule has 2 fully saturated rings. The first-order valence-corrected chi connectivity index (χ1v) is 13.7. The van der Waals surface area contributed by atoms with Crippen molar-refractivity contribution in [1.29, 1.82) is 0 Å². The first-order chi connectivity index (χ1) is 19.7. The lowest BCUT2D eigenvalue weighted by molar-refractivity contribution is -0.137. The zero-order valence-electron chi connectivity index (χ0n) is 22.5. The molecule has 3 N–H and O–H groups in total. The number of benzene rings is 2. The molecule has 2 aromatic heterocycles. The number of ether oxygens (including phenoxy) is 1. The smallest absolute Gasteiger partial charge is 0.416 e. The summed E-state index contributed by atoms with van der Waals surface area (Å²) in [5, 5.41) is 0. The number of fused-ring (bicyclic) bond motifs is 1. The highest BCUT2D eigenvalue weighted by Crippen LogP contribution is 2.36. The molecular weight excluding hydrogens is 535 g/mol. The minimum absolute atomic E-state index is 0.0872. The second-order valence-corrected chi connectivity index (χ2v) is 10.7. The Bertz CT molecular complexity index is 1620. The Morgan fingerprint density at radius 2 is 1.85 bits per heavy atom. The molecule has 0 radical (unpaired) electrons. The minimum Gasteiger partial charge on any atom is -0.436 e. The van der Waals surface area contributed by atoms with Crippen LogP contribution in [0.1, 0.15) is 37.7 Å². The number of aromatic amines is 1. The zero-order valence-corrected chi connectivity index (χ0v) is 22.5. The molecule has 12 heteroatoms. The van der Waals surface area contributed by atoms with Crippen molar-refractivity contribution < 1.29 is 17.9 Å². The number of likely N-dealkylation sites (tertiary alicyclic amines) is 1. The van der Waals surface area contributed by atoms with E-state index in [1.54, 1.807) is 24.3 Å².